The lowest BCUT2D eigenvalue weighted by atomic mass is 10.2. The maximum absolute atomic E-state index is 4.67. The SMILES string of the molecule is CNc1nc(-c2ccc(Br)cn2)nc(C2CC2)c1Br. The standard InChI is InChI=1S/C13H12Br2N4/c1-16-13-10(15)11(7-2-3-7)18-12(19-13)9-5-4-8(14)6-17-9/h4-7H,2-3H2,1H3,(H,16,18,19). The second-order valence-corrected chi connectivity index (χ2v) is 6.19. The van der Waals surface area contributed by atoms with Crippen LogP contribution in [0.15, 0.2) is 27.3 Å². The van der Waals surface area contributed by atoms with Gasteiger partial charge in [-0.05, 0) is 56.8 Å². The molecule has 0 unspecified atom stereocenters. The van der Waals surface area contributed by atoms with Crippen LogP contribution in [-0.2, 0) is 0 Å². The molecule has 0 saturated heterocycles. The first kappa shape index (κ1) is 13.0. The molecule has 1 N–H and O–H groups in total. The minimum Gasteiger partial charge on any atom is -0.372 e. The molecule has 0 radical (unpaired) electrons. The van der Waals surface area contributed by atoms with E-state index < -0.39 is 0 Å². The zero-order valence-corrected chi connectivity index (χ0v) is 13.5. The van der Waals surface area contributed by atoms with Crippen molar-refractivity contribution in [3.8, 4) is 11.5 Å². The Morgan fingerprint density at radius 1 is 1.21 bits per heavy atom. The molecule has 2 aromatic rings. The summed E-state index contributed by atoms with van der Waals surface area (Å²) in [4.78, 5) is 13.5. The van der Waals surface area contributed by atoms with E-state index >= 15 is 0 Å². The predicted octanol–water partition coefficient (Wildman–Crippen LogP) is 3.98. The molecule has 2 aromatic heterocycles. The van der Waals surface area contributed by atoms with Gasteiger partial charge in [0, 0.05) is 23.6 Å². The van der Waals surface area contributed by atoms with Gasteiger partial charge in [0.25, 0.3) is 0 Å². The van der Waals surface area contributed by atoms with Crippen LogP contribution in [0.25, 0.3) is 11.5 Å². The van der Waals surface area contributed by atoms with E-state index in [1.165, 1.54) is 12.8 Å². The highest BCUT2D eigenvalue weighted by Gasteiger charge is 2.29. The number of halogens is 2. The lowest BCUT2D eigenvalue weighted by molar-refractivity contribution is 0.974. The van der Waals surface area contributed by atoms with Crippen molar-refractivity contribution in [2.24, 2.45) is 0 Å². The van der Waals surface area contributed by atoms with E-state index in [9.17, 15) is 0 Å². The highest BCUT2D eigenvalue weighted by Crippen LogP contribution is 2.44. The van der Waals surface area contributed by atoms with Gasteiger partial charge in [0.1, 0.15) is 11.5 Å². The molecule has 98 valence electrons. The second kappa shape index (κ2) is 5.17. The quantitative estimate of drug-likeness (QED) is 0.870. The molecule has 6 heteroatoms. The Morgan fingerprint density at radius 3 is 2.58 bits per heavy atom. The number of anilines is 1. The first-order valence-electron chi connectivity index (χ1n) is 6.06. The summed E-state index contributed by atoms with van der Waals surface area (Å²) in [6, 6.07) is 3.87. The molecule has 0 bridgehead atoms. The van der Waals surface area contributed by atoms with Gasteiger partial charge in [-0.15, -0.1) is 0 Å². The molecule has 2 heterocycles. The fraction of sp³-hybridized carbons (Fsp3) is 0.308. The van der Waals surface area contributed by atoms with E-state index in [1.807, 2.05) is 19.2 Å². The molecule has 0 atom stereocenters. The van der Waals surface area contributed by atoms with Gasteiger partial charge >= 0.3 is 0 Å². The third kappa shape index (κ3) is 2.65. The van der Waals surface area contributed by atoms with Crippen molar-refractivity contribution in [2.45, 2.75) is 18.8 Å². The van der Waals surface area contributed by atoms with Crippen LogP contribution in [0.2, 0.25) is 0 Å². The molecule has 1 aliphatic carbocycles. The van der Waals surface area contributed by atoms with Crippen molar-refractivity contribution in [1.29, 1.82) is 0 Å². The highest BCUT2D eigenvalue weighted by molar-refractivity contribution is 9.11. The summed E-state index contributed by atoms with van der Waals surface area (Å²) in [6.07, 6.45) is 4.16. The first-order valence-corrected chi connectivity index (χ1v) is 7.64. The van der Waals surface area contributed by atoms with Gasteiger partial charge in [0.05, 0.1) is 10.2 Å². The molecule has 1 fully saturated rings. The van der Waals surface area contributed by atoms with Crippen LogP contribution in [0.4, 0.5) is 5.82 Å². The second-order valence-electron chi connectivity index (χ2n) is 4.48. The monoisotopic (exact) mass is 382 g/mol. The van der Waals surface area contributed by atoms with Crippen LogP contribution in [0.1, 0.15) is 24.5 Å². The van der Waals surface area contributed by atoms with Gasteiger partial charge in [0.2, 0.25) is 0 Å². The minimum atomic E-state index is 0.554. The van der Waals surface area contributed by atoms with Gasteiger partial charge < -0.3 is 5.32 Å². The average molecular weight is 384 g/mol. The van der Waals surface area contributed by atoms with Gasteiger partial charge in [0.15, 0.2) is 5.82 Å². The highest BCUT2D eigenvalue weighted by atomic mass is 79.9. The van der Waals surface area contributed by atoms with Crippen LogP contribution >= 0.6 is 31.9 Å². The van der Waals surface area contributed by atoms with E-state index in [1.54, 1.807) is 6.20 Å². The summed E-state index contributed by atoms with van der Waals surface area (Å²) in [5, 5.41) is 3.10. The van der Waals surface area contributed by atoms with Crippen molar-refractivity contribution in [3.05, 3.63) is 33.0 Å². The maximum atomic E-state index is 4.67. The third-order valence-electron chi connectivity index (χ3n) is 3.03. The van der Waals surface area contributed by atoms with E-state index in [4.69, 9.17) is 0 Å². The molecule has 0 amide bonds. The first-order chi connectivity index (χ1) is 9.19. The molecular formula is C13H12Br2N4. The van der Waals surface area contributed by atoms with Crippen molar-refractivity contribution in [3.63, 3.8) is 0 Å². The lowest BCUT2D eigenvalue weighted by Gasteiger charge is -2.10. The number of aromatic nitrogens is 3. The number of pyridine rings is 1. The van der Waals surface area contributed by atoms with Gasteiger partial charge in [-0.1, -0.05) is 0 Å². The van der Waals surface area contributed by atoms with E-state index in [2.05, 4.69) is 52.1 Å². The zero-order valence-electron chi connectivity index (χ0n) is 10.3. The largest absolute Gasteiger partial charge is 0.372 e. The number of nitrogens with zero attached hydrogens (tertiary/aromatic N) is 3. The van der Waals surface area contributed by atoms with Crippen molar-refractivity contribution < 1.29 is 0 Å². The normalized spacial score (nSPS) is 14.5. The van der Waals surface area contributed by atoms with E-state index in [-0.39, 0.29) is 0 Å². The van der Waals surface area contributed by atoms with E-state index in [0.29, 0.717) is 11.7 Å². The molecule has 1 aliphatic rings. The zero-order chi connectivity index (χ0) is 13.4. The summed E-state index contributed by atoms with van der Waals surface area (Å²) < 4.78 is 1.92. The molecule has 19 heavy (non-hydrogen) atoms. The minimum absolute atomic E-state index is 0.554. The van der Waals surface area contributed by atoms with Crippen molar-refractivity contribution in [1.82, 2.24) is 15.0 Å². The maximum Gasteiger partial charge on any atom is 0.180 e. The topological polar surface area (TPSA) is 50.7 Å². The van der Waals surface area contributed by atoms with Crippen molar-refractivity contribution in [2.75, 3.05) is 12.4 Å². The predicted molar refractivity (Wildman–Crippen MR) is 82.2 cm³/mol. The smallest absolute Gasteiger partial charge is 0.180 e. The Kier molecular flexibility index (Phi) is 3.54. The molecule has 0 aliphatic heterocycles. The number of hydrogen-bond acceptors (Lipinski definition) is 4. The fourth-order valence-electron chi connectivity index (χ4n) is 1.88. The Hall–Kier alpha value is -1.01. The summed E-state index contributed by atoms with van der Waals surface area (Å²) in [7, 11) is 1.86. The lowest BCUT2D eigenvalue weighted by Crippen LogP contribution is -2.03. The van der Waals surface area contributed by atoms with Crippen LogP contribution in [0.3, 0.4) is 0 Å². The van der Waals surface area contributed by atoms with E-state index in [0.717, 1.165) is 26.2 Å². The molecule has 3 rings (SSSR count). The van der Waals surface area contributed by atoms with Gasteiger partial charge in [-0.25, -0.2) is 9.97 Å². The van der Waals surface area contributed by atoms with Crippen LogP contribution in [0, 0.1) is 0 Å². The fourth-order valence-corrected chi connectivity index (χ4v) is 2.81. The summed E-state index contributed by atoms with van der Waals surface area (Å²) in [6.45, 7) is 0. The van der Waals surface area contributed by atoms with Crippen LogP contribution < -0.4 is 5.32 Å². The van der Waals surface area contributed by atoms with Crippen molar-refractivity contribution >= 4 is 37.7 Å². The Balaban J connectivity index is 2.10. The Morgan fingerprint density at radius 2 is 2.00 bits per heavy atom. The molecule has 1 saturated carbocycles. The number of hydrogen-bond donors (Lipinski definition) is 1. The molecule has 0 spiro atoms. The average Bonchev–Trinajstić information content (AvgIpc) is 3.24. The van der Waals surface area contributed by atoms with Crippen LogP contribution in [0.5, 0.6) is 0 Å². The molecule has 4 nitrogen and oxygen atoms in total. The number of rotatable bonds is 3. The summed E-state index contributed by atoms with van der Waals surface area (Å²) in [5.41, 5.74) is 1.87. The van der Waals surface area contributed by atoms with Crippen LogP contribution in [-0.4, -0.2) is 22.0 Å². The molecular weight excluding hydrogens is 372 g/mol. The number of nitrogens with one attached hydrogen (secondary N) is 1. The Bertz CT molecular complexity index is 609. The summed E-state index contributed by atoms with van der Waals surface area (Å²) >= 11 is 6.97. The van der Waals surface area contributed by atoms with Gasteiger partial charge in [-0.2, -0.15) is 0 Å². The van der Waals surface area contributed by atoms with Gasteiger partial charge in [-0.3, -0.25) is 4.98 Å². The third-order valence-corrected chi connectivity index (χ3v) is 4.29. The Labute approximate surface area is 128 Å². The summed E-state index contributed by atoms with van der Waals surface area (Å²) in [5.74, 6) is 2.04. The molecule has 0 aromatic carbocycles.